The molecule has 2 aromatic heterocycles. The number of hydrogen-bond acceptors (Lipinski definition) is 7. The Labute approximate surface area is 133 Å². The Morgan fingerprint density at radius 3 is 2.91 bits per heavy atom. The number of anilines is 1. The van der Waals surface area contributed by atoms with Gasteiger partial charge in [0.2, 0.25) is 5.89 Å². The molecule has 1 unspecified atom stereocenters. The van der Waals surface area contributed by atoms with Gasteiger partial charge in [-0.3, -0.25) is 9.69 Å². The van der Waals surface area contributed by atoms with Gasteiger partial charge >= 0.3 is 5.97 Å². The fourth-order valence-electron chi connectivity index (χ4n) is 2.67. The van der Waals surface area contributed by atoms with E-state index in [0.717, 1.165) is 5.82 Å². The Morgan fingerprint density at radius 2 is 2.30 bits per heavy atom. The molecule has 0 spiro atoms. The van der Waals surface area contributed by atoms with E-state index >= 15 is 0 Å². The van der Waals surface area contributed by atoms with Gasteiger partial charge in [-0.25, -0.2) is 4.98 Å². The summed E-state index contributed by atoms with van der Waals surface area (Å²) in [5.74, 6) is 1.01. The van der Waals surface area contributed by atoms with Crippen LogP contribution in [0.25, 0.3) is 0 Å². The molecule has 124 valence electrons. The molecule has 0 amide bonds. The molecule has 0 saturated carbocycles. The quantitative estimate of drug-likeness (QED) is 0.830. The van der Waals surface area contributed by atoms with E-state index in [2.05, 4.69) is 15.1 Å². The van der Waals surface area contributed by atoms with Crippen LogP contribution in [0, 0.1) is 0 Å². The van der Waals surface area contributed by atoms with Gasteiger partial charge in [-0.1, -0.05) is 6.92 Å². The van der Waals surface area contributed by atoms with Crippen molar-refractivity contribution >= 4 is 11.9 Å². The topological polar surface area (TPSA) is 101 Å². The van der Waals surface area contributed by atoms with Crippen molar-refractivity contribution < 1.29 is 14.4 Å². The molecule has 9 nitrogen and oxygen atoms in total. The summed E-state index contributed by atoms with van der Waals surface area (Å²) < 4.78 is 7.01. The zero-order valence-corrected chi connectivity index (χ0v) is 13.2. The van der Waals surface area contributed by atoms with Crippen LogP contribution < -0.4 is 4.90 Å². The molecule has 0 aliphatic carbocycles. The molecule has 1 saturated heterocycles. The van der Waals surface area contributed by atoms with E-state index in [9.17, 15) is 9.90 Å². The number of piperazine rings is 1. The molecule has 3 rings (SSSR count). The van der Waals surface area contributed by atoms with Gasteiger partial charge in [0.25, 0.3) is 5.95 Å². The summed E-state index contributed by atoms with van der Waals surface area (Å²) in [7, 11) is 1.90. The second-order valence-corrected chi connectivity index (χ2v) is 5.57. The van der Waals surface area contributed by atoms with Gasteiger partial charge in [0, 0.05) is 45.5 Å². The number of carbonyl (C=O) groups is 1. The fourth-order valence-corrected chi connectivity index (χ4v) is 2.67. The van der Waals surface area contributed by atoms with E-state index in [1.54, 1.807) is 6.20 Å². The summed E-state index contributed by atoms with van der Waals surface area (Å²) in [6.45, 7) is 4.00. The fraction of sp³-hybridized carbons (Fsp3) is 0.571. The summed E-state index contributed by atoms with van der Waals surface area (Å²) in [4.78, 5) is 24.0. The Kier molecular flexibility index (Phi) is 4.28. The Balaban J connectivity index is 1.73. The number of imidazole rings is 1. The molecular weight excluding hydrogens is 300 g/mol. The van der Waals surface area contributed by atoms with Crippen LogP contribution in [-0.4, -0.2) is 61.3 Å². The monoisotopic (exact) mass is 320 g/mol. The van der Waals surface area contributed by atoms with Crippen LogP contribution in [0.1, 0.15) is 18.6 Å². The highest BCUT2D eigenvalue weighted by Crippen LogP contribution is 2.18. The van der Waals surface area contributed by atoms with Gasteiger partial charge in [-0.15, -0.1) is 0 Å². The molecule has 1 aliphatic rings. The van der Waals surface area contributed by atoms with Crippen LogP contribution >= 0.6 is 0 Å². The van der Waals surface area contributed by atoms with Gasteiger partial charge < -0.3 is 19.1 Å². The smallest absolute Gasteiger partial charge is 0.322 e. The molecule has 2 aromatic rings. The third kappa shape index (κ3) is 3.19. The number of carboxylic acids is 1. The largest absolute Gasteiger partial charge is 0.480 e. The Morgan fingerprint density at radius 1 is 1.48 bits per heavy atom. The Bertz CT molecular complexity index is 682. The molecule has 1 fully saturated rings. The minimum absolute atomic E-state index is 0.322. The van der Waals surface area contributed by atoms with Gasteiger partial charge in [-0.05, 0) is 5.16 Å². The van der Waals surface area contributed by atoms with E-state index in [1.165, 1.54) is 0 Å². The van der Waals surface area contributed by atoms with Crippen molar-refractivity contribution in [3.05, 3.63) is 24.1 Å². The predicted molar refractivity (Wildman–Crippen MR) is 80.9 cm³/mol. The van der Waals surface area contributed by atoms with Crippen LogP contribution in [0.4, 0.5) is 5.95 Å². The zero-order valence-electron chi connectivity index (χ0n) is 13.2. The van der Waals surface area contributed by atoms with E-state index in [1.807, 2.05) is 34.5 Å². The second-order valence-electron chi connectivity index (χ2n) is 5.57. The van der Waals surface area contributed by atoms with E-state index < -0.39 is 12.0 Å². The van der Waals surface area contributed by atoms with E-state index in [0.29, 0.717) is 44.4 Å². The van der Waals surface area contributed by atoms with Crippen molar-refractivity contribution in [1.29, 1.82) is 0 Å². The summed E-state index contributed by atoms with van der Waals surface area (Å²) in [5, 5.41) is 13.5. The van der Waals surface area contributed by atoms with Crippen LogP contribution in [0.2, 0.25) is 0 Å². The predicted octanol–water partition coefficient (Wildman–Crippen LogP) is 0.141. The minimum atomic E-state index is -0.858. The van der Waals surface area contributed by atoms with Crippen molar-refractivity contribution in [1.82, 2.24) is 24.6 Å². The van der Waals surface area contributed by atoms with Crippen molar-refractivity contribution in [2.45, 2.75) is 25.9 Å². The van der Waals surface area contributed by atoms with E-state index in [4.69, 9.17) is 4.52 Å². The van der Waals surface area contributed by atoms with Crippen molar-refractivity contribution in [3.63, 3.8) is 0 Å². The highest BCUT2D eigenvalue weighted by Gasteiger charge is 2.34. The maximum absolute atomic E-state index is 11.7. The molecule has 0 bridgehead atoms. The zero-order chi connectivity index (χ0) is 16.4. The number of aliphatic carboxylic acids is 1. The SMILES string of the molecule is CCc1nc(N2CCN(Cc3nccn3C)C(C(=O)O)C2)no1. The lowest BCUT2D eigenvalue weighted by molar-refractivity contribution is -0.143. The molecule has 0 aromatic carbocycles. The van der Waals surface area contributed by atoms with Crippen LogP contribution in [0.15, 0.2) is 16.9 Å². The van der Waals surface area contributed by atoms with Gasteiger partial charge in [0.15, 0.2) is 0 Å². The lowest BCUT2D eigenvalue weighted by Gasteiger charge is -2.38. The second kappa shape index (κ2) is 6.37. The highest BCUT2D eigenvalue weighted by atomic mass is 16.5. The maximum atomic E-state index is 11.7. The average molecular weight is 320 g/mol. The van der Waals surface area contributed by atoms with Crippen molar-refractivity contribution in [2.24, 2.45) is 7.05 Å². The maximum Gasteiger partial charge on any atom is 0.322 e. The summed E-state index contributed by atoms with van der Waals surface area (Å²) in [5.41, 5.74) is 0. The third-order valence-electron chi connectivity index (χ3n) is 4.08. The number of nitrogens with zero attached hydrogens (tertiary/aromatic N) is 6. The number of hydrogen-bond donors (Lipinski definition) is 1. The van der Waals surface area contributed by atoms with Crippen LogP contribution in [0.5, 0.6) is 0 Å². The first-order valence-corrected chi connectivity index (χ1v) is 7.59. The standard InChI is InChI=1S/C14H20N6O3/c1-3-12-16-14(17-23-12)20-7-6-19(10(8-20)13(21)22)9-11-15-4-5-18(11)2/h4-5,10H,3,6-9H2,1-2H3,(H,21,22). The van der Waals surface area contributed by atoms with Gasteiger partial charge in [-0.2, -0.15) is 4.98 Å². The summed E-state index contributed by atoms with van der Waals surface area (Å²) >= 11 is 0. The first kappa shape index (κ1) is 15.5. The van der Waals surface area contributed by atoms with Gasteiger partial charge in [0.1, 0.15) is 11.9 Å². The van der Waals surface area contributed by atoms with Crippen LogP contribution in [0.3, 0.4) is 0 Å². The molecule has 9 heteroatoms. The first-order chi connectivity index (χ1) is 11.1. The van der Waals surface area contributed by atoms with Crippen LogP contribution in [-0.2, 0) is 24.8 Å². The molecule has 1 N–H and O–H groups in total. The lowest BCUT2D eigenvalue weighted by atomic mass is 10.1. The third-order valence-corrected chi connectivity index (χ3v) is 4.08. The summed E-state index contributed by atoms with van der Waals surface area (Å²) in [6, 6.07) is -0.635. The minimum Gasteiger partial charge on any atom is -0.480 e. The highest BCUT2D eigenvalue weighted by molar-refractivity contribution is 5.74. The Hall–Kier alpha value is -2.42. The average Bonchev–Trinajstić information content (AvgIpc) is 3.17. The number of carboxylic acid groups (broad SMARTS) is 1. The molecule has 3 heterocycles. The molecule has 23 heavy (non-hydrogen) atoms. The van der Waals surface area contributed by atoms with Crippen molar-refractivity contribution in [3.8, 4) is 0 Å². The summed E-state index contributed by atoms with van der Waals surface area (Å²) in [6.07, 6.45) is 4.23. The van der Waals surface area contributed by atoms with Gasteiger partial charge in [0.05, 0.1) is 6.54 Å². The normalized spacial score (nSPS) is 19.2. The number of aromatic nitrogens is 4. The molecule has 1 atom stereocenters. The first-order valence-electron chi connectivity index (χ1n) is 7.59. The molecule has 1 aliphatic heterocycles. The molecular formula is C14H20N6O3. The molecule has 0 radical (unpaired) electrons. The number of rotatable bonds is 5. The van der Waals surface area contributed by atoms with Crippen molar-refractivity contribution in [2.75, 3.05) is 24.5 Å². The van der Waals surface area contributed by atoms with E-state index in [-0.39, 0.29) is 0 Å². The lowest BCUT2D eigenvalue weighted by Crippen LogP contribution is -2.56. The number of aryl methyl sites for hydroxylation is 2.